The zero-order valence-corrected chi connectivity index (χ0v) is 9.24. The number of nitrogens with one attached hydrogen (secondary N) is 1. The van der Waals surface area contributed by atoms with Crippen LogP contribution in [0.1, 0.15) is 37.0 Å². The molecule has 0 fully saturated rings. The second-order valence-corrected chi connectivity index (χ2v) is 4.24. The summed E-state index contributed by atoms with van der Waals surface area (Å²) < 4.78 is 0. The van der Waals surface area contributed by atoms with Crippen LogP contribution in [-0.4, -0.2) is 17.7 Å². The summed E-state index contributed by atoms with van der Waals surface area (Å²) in [6, 6.07) is 8.70. The summed E-state index contributed by atoms with van der Waals surface area (Å²) in [7, 11) is 0. The fourth-order valence-electron chi connectivity index (χ4n) is 2.41. The van der Waals surface area contributed by atoms with Crippen molar-refractivity contribution in [2.75, 3.05) is 6.54 Å². The van der Waals surface area contributed by atoms with Gasteiger partial charge in [0.15, 0.2) is 0 Å². The van der Waals surface area contributed by atoms with E-state index in [0.29, 0.717) is 6.04 Å². The Morgan fingerprint density at radius 3 is 3.00 bits per heavy atom. The van der Waals surface area contributed by atoms with Crippen LogP contribution in [0.15, 0.2) is 24.3 Å². The summed E-state index contributed by atoms with van der Waals surface area (Å²) in [6.45, 7) is 3.10. The van der Waals surface area contributed by atoms with Crippen molar-refractivity contribution in [1.29, 1.82) is 0 Å². The minimum atomic E-state index is -0.298. The summed E-state index contributed by atoms with van der Waals surface area (Å²) in [6.07, 6.45) is 2.74. The van der Waals surface area contributed by atoms with E-state index >= 15 is 0 Å². The van der Waals surface area contributed by atoms with Crippen molar-refractivity contribution in [3.8, 4) is 0 Å². The van der Waals surface area contributed by atoms with E-state index in [1.807, 2.05) is 12.1 Å². The van der Waals surface area contributed by atoms with Crippen LogP contribution >= 0.6 is 0 Å². The molecule has 1 aliphatic carbocycles. The number of hydrogen-bond acceptors (Lipinski definition) is 2. The highest BCUT2D eigenvalue weighted by molar-refractivity contribution is 5.30. The maximum atomic E-state index is 10.1. The van der Waals surface area contributed by atoms with Gasteiger partial charge in [-0.2, -0.15) is 0 Å². The maximum Gasteiger partial charge on any atom is 0.0807 e. The van der Waals surface area contributed by atoms with E-state index in [-0.39, 0.29) is 6.10 Å². The quantitative estimate of drug-likeness (QED) is 0.724. The first kappa shape index (κ1) is 10.7. The first-order valence-corrected chi connectivity index (χ1v) is 5.80. The van der Waals surface area contributed by atoms with Gasteiger partial charge in [-0.1, -0.05) is 31.2 Å². The van der Waals surface area contributed by atoms with Crippen LogP contribution < -0.4 is 5.32 Å². The molecule has 15 heavy (non-hydrogen) atoms. The van der Waals surface area contributed by atoms with Crippen molar-refractivity contribution in [2.24, 2.45) is 0 Å². The topological polar surface area (TPSA) is 32.3 Å². The molecule has 2 N–H and O–H groups in total. The third-order valence-corrected chi connectivity index (χ3v) is 3.18. The number of hydrogen-bond donors (Lipinski definition) is 2. The van der Waals surface area contributed by atoms with Crippen LogP contribution in [0.2, 0.25) is 0 Å². The average Bonchev–Trinajstić information content (AvgIpc) is 2.40. The first-order chi connectivity index (χ1) is 7.31. The number of rotatable bonds is 2. The Bertz CT molecular complexity index is 324. The monoisotopic (exact) mass is 205 g/mol. The Morgan fingerprint density at radius 1 is 1.40 bits per heavy atom. The van der Waals surface area contributed by atoms with Crippen LogP contribution in [-0.2, 0) is 6.42 Å². The van der Waals surface area contributed by atoms with Crippen LogP contribution in [0, 0.1) is 0 Å². The Morgan fingerprint density at radius 2 is 2.20 bits per heavy atom. The van der Waals surface area contributed by atoms with E-state index in [1.165, 1.54) is 5.56 Å². The number of aryl methyl sites for hydroxylation is 1. The van der Waals surface area contributed by atoms with Crippen LogP contribution in [0.4, 0.5) is 0 Å². The van der Waals surface area contributed by atoms with Gasteiger partial charge in [0.05, 0.1) is 6.10 Å². The van der Waals surface area contributed by atoms with Crippen LogP contribution in [0.25, 0.3) is 0 Å². The van der Waals surface area contributed by atoms with Gasteiger partial charge < -0.3 is 10.4 Å². The first-order valence-electron chi connectivity index (χ1n) is 5.80. The number of aliphatic hydroxyl groups is 1. The largest absolute Gasteiger partial charge is 0.388 e. The molecule has 2 rings (SSSR count). The fraction of sp³-hybridized carbons (Fsp3) is 0.538. The molecule has 0 amide bonds. The molecule has 0 aromatic heterocycles. The predicted molar refractivity (Wildman–Crippen MR) is 61.8 cm³/mol. The number of aliphatic hydroxyl groups excluding tert-OH is 1. The van der Waals surface area contributed by atoms with Crippen molar-refractivity contribution in [1.82, 2.24) is 5.32 Å². The van der Waals surface area contributed by atoms with Crippen molar-refractivity contribution >= 4 is 0 Å². The predicted octanol–water partition coefficient (Wildman–Crippen LogP) is 2.03. The van der Waals surface area contributed by atoms with E-state index in [0.717, 1.165) is 31.4 Å². The third-order valence-electron chi connectivity index (χ3n) is 3.18. The minimum Gasteiger partial charge on any atom is -0.388 e. The van der Waals surface area contributed by atoms with E-state index in [9.17, 15) is 5.11 Å². The highest BCUT2D eigenvalue weighted by Gasteiger charge is 2.21. The normalized spacial score (nSPS) is 25.7. The third kappa shape index (κ3) is 2.39. The zero-order chi connectivity index (χ0) is 10.7. The van der Waals surface area contributed by atoms with E-state index < -0.39 is 0 Å². The standard InChI is InChI=1S/C13H19NO/c1-2-14-11-8-7-10-5-3-4-6-12(10)13(15)9-11/h3-6,11,13-15H,2,7-9H2,1H3. The Balaban J connectivity index is 2.17. The average molecular weight is 205 g/mol. The van der Waals surface area contributed by atoms with E-state index in [4.69, 9.17) is 0 Å². The molecular formula is C13H19NO. The molecule has 1 aliphatic rings. The fourth-order valence-corrected chi connectivity index (χ4v) is 2.41. The van der Waals surface area contributed by atoms with Gasteiger partial charge in [0.2, 0.25) is 0 Å². The molecule has 0 heterocycles. The van der Waals surface area contributed by atoms with Gasteiger partial charge in [-0.3, -0.25) is 0 Å². The van der Waals surface area contributed by atoms with Gasteiger partial charge in [0.25, 0.3) is 0 Å². The minimum absolute atomic E-state index is 0.298. The van der Waals surface area contributed by atoms with E-state index in [1.54, 1.807) is 0 Å². The van der Waals surface area contributed by atoms with Gasteiger partial charge in [0, 0.05) is 6.04 Å². The molecule has 1 aromatic rings. The summed E-state index contributed by atoms with van der Waals surface area (Å²) in [4.78, 5) is 0. The highest BCUT2D eigenvalue weighted by Crippen LogP contribution is 2.28. The molecule has 0 saturated carbocycles. The molecule has 1 aromatic carbocycles. The lowest BCUT2D eigenvalue weighted by atomic mass is 10.0. The van der Waals surface area contributed by atoms with Crippen molar-refractivity contribution in [2.45, 2.75) is 38.3 Å². The lowest BCUT2D eigenvalue weighted by Crippen LogP contribution is -2.29. The molecule has 0 aliphatic heterocycles. The molecule has 2 unspecified atom stereocenters. The molecule has 2 nitrogen and oxygen atoms in total. The van der Waals surface area contributed by atoms with Gasteiger partial charge in [-0.25, -0.2) is 0 Å². The molecule has 0 bridgehead atoms. The van der Waals surface area contributed by atoms with Crippen molar-refractivity contribution < 1.29 is 5.11 Å². The molecule has 82 valence electrons. The molecule has 0 spiro atoms. The van der Waals surface area contributed by atoms with Gasteiger partial charge in [-0.15, -0.1) is 0 Å². The summed E-state index contributed by atoms with van der Waals surface area (Å²) >= 11 is 0. The van der Waals surface area contributed by atoms with Crippen LogP contribution in [0.3, 0.4) is 0 Å². The smallest absolute Gasteiger partial charge is 0.0807 e. The SMILES string of the molecule is CCNC1CCc2ccccc2C(O)C1. The lowest BCUT2D eigenvalue weighted by Gasteiger charge is -2.17. The zero-order valence-electron chi connectivity index (χ0n) is 9.24. The second kappa shape index (κ2) is 4.77. The highest BCUT2D eigenvalue weighted by atomic mass is 16.3. The van der Waals surface area contributed by atoms with Gasteiger partial charge >= 0.3 is 0 Å². The van der Waals surface area contributed by atoms with Gasteiger partial charge in [0.1, 0.15) is 0 Å². The van der Waals surface area contributed by atoms with Gasteiger partial charge in [-0.05, 0) is 36.9 Å². The number of benzene rings is 1. The number of fused-ring (bicyclic) bond motifs is 1. The molecule has 2 atom stereocenters. The molecular weight excluding hydrogens is 186 g/mol. The summed E-state index contributed by atoms with van der Waals surface area (Å²) in [5, 5.41) is 13.5. The van der Waals surface area contributed by atoms with Crippen molar-refractivity contribution in [3.05, 3.63) is 35.4 Å². The van der Waals surface area contributed by atoms with E-state index in [2.05, 4.69) is 24.4 Å². The second-order valence-electron chi connectivity index (χ2n) is 4.24. The Kier molecular flexibility index (Phi) is 3.39. The van der Waals surface area contributed by atoms with Crippen LogP contribution in [0.5, 0.6) is 0 Å². The maximum absolute atomic E-state index is 10.1. The Labute approximate surface area is 91.3 Å². The lowest BCUT2D eigenvalue weighted by molar-refractivity contribution is 0.154. The Hall–Kier alpha value is -0.860. The molecule has 0 radical (unpaired) electrons. The summed E-state index contributed by atoms with van der Waals surface area (Å²) in [5.74, 6) is 0. The molecule has 2 heteroatoms. The summed E-state index contributed by atoms with van der Waals surface area (Å²) in [5.41, 5.74) is 2.43. The van der Waals surface area contributed by atoms with Crippen molar-refractivity contribution in [3.63, 3.8) is 0 Å². The molecule has 0 saturated heterocycles.